The third-order valence-corrected chi connectivity index (χ3v) is 4.00. The topological polar surface area (TPSA) is 35.5 Å². The highest BCUT2D eigenvalue weighted by Gasteiger charge is 2.19. The van der Waals surface area contributed by atoms with Crippen LogP contribution in [0, 0.1) is 6.92 Å². The van der Waals surface area contributed by atoms with E-state index in [2.05, 4.69) is 42.4 Å². The third-order valence-electron chi connectivity index (χ3n) is 4.00. The highest BCUT2D eigenvalue weighted by atomic mass is 16.2. The Morgan fingerprint density at radius 2 is 2.05 bits per heavy atom. The van der Waals surface area contributed by atoms with E-state index in [0.29, 0.717) is 6.61 Å². The Labute approximate surface area is 123 Å². The van der Waals surface area contributed by atoms with Crippen LogP contribution in [0.3, 0.4) is 0 Å². The van der Waals surface area contributed by atoms with E-state index in [1.165, 1.54) is 29.7 Å². The molecule has 0 heterocycles. The lowest BCUT2D eigenvalue weighted by Crippen LogP contribution is -2.20. The molecule has 0 aromatic heterocycles. The van der Waals surface area contributed by atoms with Gasteiger partial charge in [0.2, 0.25) is 0 Å². The predicted octanol–water partition coefficient (Wildman–Crippen LogP) is 2.85. The van der Waals surface area contributed by atoms with Gasteiger partial charge in [-0.05, 0) is 56.2 Å². The lowest BCUT2D eigenvalue weighted by Gasteiger charge is -2.22. The molecule has 0 bridgehead atoms. The Kier molecular flexibility index (Phi) is 5.86. The summed E-state index contributed by atoms with van der Waals surface area (Å²) < 4.78 is 0. The van der Waals surface area contributed by atoms with E-state index in [4.69, 9.17) is 5.11 Å². The zero-order valence-corrected chi connectivity index (χ0v) is 12.9. The number of aliphatic hydroxyl groups is 1. The van der Waals surface area contributed by atoms with Crippen LogP contribution < -0.4 is 10.2 Å². The van der Waals surface area contributed by atoms with E-state index in [9.17, 15) is 0 Å². The molecule has 1 aromatic rings. The molecule has 1 fully saturated rings. The van der Waals surface area contributed by atoms with Crippen molar-refractivity contribution < 1.29 is 5.11 Å². The first-order valence-corrected chi connectivity index (χ1v) is 7.85. The SMILES string of the molecule is Cc1cc(CNC2CC2)ccc1N(C)CCCCCO. The number of hydrogen-bond acceptors (Lipinski definition) is 3. The summed E-state index contributed by atoms with van der Waals surface area (Å²) in [5.41, 5.74) is 4.06. The van der Waals surface area contributed by atoms with Crippen molar-refractivity contribution in [1.82, 2.24) is 5.32 Å². The second-order valence-electron chi connectivity index (χ2n) is 5.98. The zero-order chi connectivity index (χ0) is 14.4. The Hall–Kier alpha value is -1.06. The number of nitrogens with one attached hydrogen (secondary N) is 1. The number of rotatable bonds is 9. The molecule has 1 saturated carbocycles. The average molecular weight is 276 g/mol. The highest BCUT2D eigenvalue weighted by Crippen LogP contribution is 2.22. The molecular formula is C17H28N2O. The summed E-state index contributed by atoms with van der Waals surface area (Å²) in [6, 6.07) is 7.55. The molecular weight excluding hydrogens is 248 g/mol. The minimum atomic E-state index is 0.311. The molecule has 0 aliphatic heterocycles. The summed E-state index contributed by atoms with van der Waals surface area (Å²) in [5.74, 6) is 0. The molecule has 0 atom stereocenters. The summed E-state index contributed by atoms with van der Waals surface area (Å²) in [6.45, 7) is 4.55. The molecule has 1 aliphatic carbocycles. The van der Waals surface area contributed by atoms with Gasteiger partial charge in [-0.25, -0.2) is 0 Å². The van der Waals surface area contributed by atoms with Gasteiger partial charge in [0, 0.05) is 38.5 Å². The van der Waals surface area contributed by atoms with Crippen molar-refractivity contribution in [2.45, 2.75) is 51.6 Å². The lowest BCUT2D eigenvalue weighted by molar-refractivity contribution is 0.283. The number of aliphatic hydroxyl groups excluding tert-OH is 1. The maximum atomic E-state index is 8.80. The fourth-order valence-corrected chi connectivity index (χ4v) is 2.56. The Morgan fingerprint density at radius 3 is 2.70 bits per heavy atom. The number of nitrogens with zero attached hydrogens (tertiary/aromatic N) is 1. The van der Waals surface area contributed by atoms with E-state index < -0.39 is 0 Å². The zero-order valence-electron chi connectivity index (χ0n) is 12.9. The van der Waals surface area contributed by atoms with Crippen molar-refractivity contribution in [3.63, 3.8) is 0 Å². The second kappa shape index (κ2) is 7.65. The number of benzene rings is 1. The van der Waals surface area contributed by atoms with Gasteiger partial charge in [-0.2, -0.15) is 0 Å². The average Bonchev–Trinajstić information content (AvgIpc) is 3.25. The van der Waals surface area contributed by atoms with Gasteiger partial charge >= 0.3 is 0 Å². The summed E-state index contributed by atoms with van der Waals surface area (Å²) in [4.78, 5) is 2.32. The van der Waals surface area contributed by atoms with Gasteiger partial charge < -0.3 is 15.3 Å². The fourth-order valence-electron chi connectivity index (χ4n) is 2.56. The first-order valence-electron chi connectivity index (χ1n) is 7.85. The minimum absolute atomic E-state index is 0.311. The molecule has 0 radical (unpaired) electrons. The van der Waals surface area contributed by atoms with Gasteiger partial charge in [-0.1, -0.05) is 12.1 Å². The Bertz CT molecular complexity index is 415. The van der Waals surface area contributed by atoms with Crippen LogP contribution in [-0.4, -0.2) is 31.3 Å². The van der Waals surface area contributed by atoms with Crippen molar-refractivity contribution in [2.24, 2.45) is 0 Å². The number of aryl methyl sites for hydroxylation is 1. The molecule has 112 valence electrons. The van der Waals surface area contributed by atoms with E-state index in [-0.39, 0.29) is 0 Å². The van der Waals surface area contributed by atoms with Gasteiger partial charge in [0.1, 0.15) is 0 Å². The fraction of sp³-hybridized carbons (Fsp3) is 0.647. The number of anilines is 1. The molecule has 1 aliphatic rings. The van der Waals surface area contributed by atoms with Crippen LogP contribution in [0.25, 0.3) is 0 Å². The smallest absolute Gasteiger partial charge is 0.0431 e. The van der Waals surface area contributed by atoms with Crippen molar-refractivity contribution in [3.8, 4) is 0 Å². The van der Waals surface area contributed by atoms with E-state index in [0.717, 1.165) is 38.4 Å². The van der Waals surface area contributed by atoms with E-state index >= 15 is 0 Å². The normalized spacial score (nSPS) is 14.6. The minimum Gasteiger partial charge on any atom is -0.396 e. The Balaban J connectivity index is 1.83. The molecule has 0 amide bonds. The van der Waals surface area contributed by atoms with Gasteiger partial charge in [0.25, 0.3) is 0 Å². The first-order chi connectivity index (χ1) is 9.70. The maximum absolute atomic E-state index is 8.80. The summed E-state index contributed by atoms with van der Waals surface area (Å²) in [7, 11) is 2.16. The van der Waals surface area contributed by atoms with Crippen LogP contribution in [0.4, 0.5) is 5.69 Å². The van der Waals surface area contributed by atoms with Crippen molar-refractivity contribution >= 4 is 5.69 Å². The lowest BCUT2D eigenvalue weighted by atomic mass is 10.1. The first kappa shape index (κ1) is 15.3. The van der Waals surface area contributed by atoms with Crippen LogP contribution in [0.15, 0.2) is 18.2 Å². The molecule has 0 spiro atoms. The van der Waals surface area contributed by atoms with E-state index in [1.54, 1.807) is 0 Å². The highest BCUT2D eigenvalue weighted by molar-refractivity contribution is 5.53. The summed E-state index contributed by atoms with van der Waals surface area (Å²) in [5, 5.41) is 12.4. The van der Waals surface area contributed by atoms with E-state index in [1.807, 2.05) is 0 Å². The quantitative estimate of drug-likeness (QED) is 0.681. The molecule has 3 nitrogen and oxygen atoms in total. The molecule has 1 aromatic carbocycles. The van der Waals surface area contributed by atoms with Gasteiger partial charge in [0.05, 0.1) is 0 Å². The molecule has 2 N–H and O–H groups in total. The summed E-state index contributed by atoms with van der Waals surface area (Å²) in [6.07, 6.45) is 5.84. The van der Waals surface area contributed by atoms with Gasteiger partial charge in [0.15, 0.2) is 0 Å². The van der Waals surface area contributed by atoms with Crippen molar-refractivity contribution in [2.75, 3.05) is 25.1 Å². The largest absolute Gasteiger partial charge is 0.396 e. The van der Waals surface area contributed by atoms with Crippen molar-refractivity contribution in [3.05, 3.63) is 29.3 Å². The second-order valence-corrected chi connectivity index (χ2v) is 5.98. The maximum Gasteiger partial charge on any atom is 0.0431 e. The predicted molar refractivity (Wildman–Crippen MR) is 85.2 cm³/mol. The molecule has 3 heteroatoms. The van der Waals surface area contributed by atoms with Crippen LogP contribution in [0.1, 0.15) is 43.2 Å². The van der Waals surface area contributed by atoms with Gasteiger partial charge in [-0.15, -0.1) is 0 Å². The molecule has 0 saturated heterocycles. The molecule has 0 unspecified atom stereocenters. The van der Waals surface area contributed by atoms with Crippen LogP contribution >= 0.6 is 0 Å². The molecule has 20 heavy (non-hydrogen) atoms. The number of unbranched alkanes of at least 4 members (excludes halogenated alkanes) is 2. The standard InChI is InChI=1S/C17H28N2O/c1-14-12-15(13-18-16-7-8-16)6-9-17(14)19(2)10-4-3-5-11-20/h6,9,12,16,18,20H,3-5,7-8,10-11,13H2,1-2H3. The monoisotopic (exact) mass is 276 g/mol. The van der Waals surface area contributed by atoms with Crippen molar-refractivity contribution in [1.29, 1.82) is 0 Å². The molecule has 2 rings (SSSR count). The third kappa shape index (κ3) is 4.80. The summed E-state index contributed by atoms with van der Waals surface area (Å²) >= 11 is 0. The van der Waals surface area contributed by atoms with Crippen LogP contribution in [0.5, 0.6) is 0 Å². The van der Waals surface area contributed by atoms with Gasteiger partial charge in [-0.3, -0.25) is 0 Å². The van der Waals surface area contributed by atoms with Crippen LogP contribution in [-0.2, 0) is 6.54 Å². The van der Waals surface area contributed by atoms with Crippen LogP contribution in [0.2, 0.25) is 0 Å². The number of hydrogen-bond donors (Lipinski definition) is 2. The Morgan fingerprint density at radius 1 is 1.25 bits per heavy atom.